The van der Waals surface area contributed by atoms with E-state index in [0.29, 0.717) is 5.92 Å². The van der Waals surface area contributed by atoms with Gasteiger partial charge in [-0.1, -0.05) is 62.4 Å². The zero-order valence-electron chi connectivity index (χ0n) is 13.9. The third-order valence-corrected chi connectivity index (χ3v) is 5.71. The van der Waals surface area contributed by atoms with Crippen LogP contribution in [0.2, 0.25) is 0 Å². The molecule has 0 saturated heterocycles. The van der Waals surface area contributed by atoms with Crippen LogP contribution >= 0.6 is 11.8 Å². The highest BCUT2D eigenvalue weighted by Gasteiger charge is 2.27. The molecule has 0 atom stereocenters. The van der Waals surface area contributed by atoms with Crippen LogP contribution in [0, 0.1) is 0 Å². The van der Waals surface area contributed by atoms with Gasteiger partial charge in [0.15, 0.2) is 0 Å². The van der Waals surface area contributed by atoms with Crippen LogP contribution in [0.4, 0.5) is 0 Å². The Balaban J connectivity index is 1.72. The minimum atomic E-state index is 0.260. The lowest BCUT2D eigenvalue weighted by Gasteiger charge is -2.27. The molecule has 0 radical (unpaired) electrons. The molecule has 1 aliphatic rings. The van der Waals surface area contributed by atoms with Crippen molar-refractivity contribution in [3.8, 4) is 11.5 Å². The average molecular weight is 332 g/mol. The van der Waals surface area contributed by atoms with E-state index >= 15 is 0 Å². The SMILES string of the molecule is CC(C)c1ccc(SC2c3ccccc3Oc3ccccc32)cc1. The van der Waals surface area contributed by atoms with Gasteiger partial charge in [-0.15, -0.1) is 11.8 Å². The highest BCUT2D eigenvalue weighted by atomic mass is 32.2. The van der Waals surface area contributed by atoms with Crippen LogP contribution in [0.5, 0.6) is 11.5 Å². The van der Waals surface area contributed by atoms with E-state index in [-0.39, 0.29) is 5.25 Å². The molecule has 24 heavy (non-hydrogen) atoms. The number of hydrogen-bond donors (Lipinski definition) is 0. The molecular weight excluding hydrogens is 312 g/mol. The molecule has 3 aromatic rings. The molecule has 0 saturated carbocycles. The van der Waals surface area contributed by atoms with Gasteiger partial charge in [0.25, 0.3) is 0 Å². The van der Waals surface area contributed by atoms with Crippen molar-refractivity contribution in [1.82, 2.24) is 0 Å². The molecule has 1 aliphatic heterocycles. The Labute approximate surface area is 147 Å². The lowest BCUT2D eigenvalue weighted by atomic mass is 10.00. The van der Waals surface area contributed by atoms with Gasteiger partial charge in [0, 0.05) is 16.0 Å². The van der Waals surface area contributed by atoms with Crippen molar-refractivity contribution in [3.05, 3.63) is 89.5 Å². The highest BCUT2D eigenvalue weighted by molar-refractivity contribution is 7.99. The Morgan fingerprint density at radius 2 is 1.29 bits per heavy atom. The van der Waals surface area contributed by atoms with Crippen molar-refractivity contribution in [2.75, 3.05) is 0 Å². The summed E-state index contributed by atoms with van der Waals surface area (Å²) in [5, 5.41) is 0.260. The maximum absolute atomic E-state index is 6.08. The van der Waals surface area contributed by atoms with E-state index < -0.39 is 0 Å². The number of thioether (sulfide) groups is 1. The van der Waals surface area contributed by atoms with Gasteiger partial charge in [0.1, 0.15) is 11.5 Å². The number of benzene rings is 3. The Morgan fingerprint density at radius 3 is 1.83 bits per heavy atom. The first-order valence-corrected chi connectivity index (χ1v) is 9.22. The molecule has 0 spiro atoms. The third-order valence-electron chi connectivity index (χ3n) is 4.42. The Bertz CT molecular complexity index is 806. The fourth-order valence-electron chi connectivity index (χ4n) is 3.06. The second kappa shape index (κ2) is 6.37. The van der Waals surface area contributed by atoms with Crippen LogP contribution < -0.4 is 4.74 Å². The van der Waals surface area contributed by atoms with E-state index in [2.05, 4.69) is 74.5 Å². The van der Waals surface area contributed by atoms with Crippen molar-refractivity contribution >= 4 is 11.8 Å². The van der Waals surface area contributed by atoms with E-state index in [9.17, 15) is 0 Å². The molecule has 0 fully saturated rings. The van der Waals surface area contributed by atoms with Gasteiger partial charge in [-0.05, 0) is 35.7 Å². The smallest absolute Gasteiger partial charge is 0.132 e. The molecule has 0 aromatic heterocycles. The predicted molar refractivity (Wildman–Crippen MR) is 101 cm³/mol. The largest absolute Gasteiger partial charge is 0.457 e. The minimum Gasteiger partial charge on any atom is -0.457 e. The van der Waals surface area contributed by atoms with Crippen molar-refractivity contribution in [1.29, 1.82) is 0 Å². The highest BCUT2D eigenvalue weighted by Crippen LogP contribution is 2.51. The molecule has 1 heterocycles. The van der Waals surface area contributed by atoms with Gasteiger partial charge in [-0.3, -0.25) is 0 Å². The monoisotopic (exact) mass is 332 g/mol. The van der Waals surface area contributed by atoms with Crippen LogP contribution in [0.25, 0.3) is 0 Å². The quantitative estimate of drug-likeness (QED) is 0.522. The molecular formula is C22H20OS. The molecule has 0 N–H and O–H groups in total. The Hall–Kier alpha value is -2.19. The summed E-state index contributed by atoms with van der Waals surface area (Å²) in [5.41, 5.74) is 3.87. The van der Waals surface area contributed by atoms with Gasteiger partial charge in [0.05, 0.1) is 5.25 Å². The molecule has 0 unspecified atom stereocenters. The zero-order valence-corrected chi connectivity index (χ0v) is 14.7. The van der Waals surface area contributed by atoms with Gasteiger partial charge >= 0.3 is 0 Å². The number of fused-ring (bicyclic) bond motifs is 2. The molecule has 1 nitrogen and oxygen atoms in total. The topological polar surface area (TPSA) is 9.23 Å². The summed E-state index contributed by atoms with van der Waals surface area (Å²) in [6, 6.07) is 25.7. The molecule has 2 heteroatoms. The molecule has 4 rings (SSSR count). The first-order chi connectivity index (χ1) is 11.7. The van der Waals surface area contributed by atoms with Crippen LogP contribution in [-0.4, -0.2) is 0 Å². The van der Waals surface area contributed by atoms with Crippen molar-refractivity contribution in [2.45, 2.75) is 29.9 Å². The van der Waals surface area contributed by atoms with Crippen molar-refractivity contribution in [2.24, 2.45) is 0 Å². The standard InChI is InChI=1S/C22H20OS/c1-15(2)16-11-13-17(14-12-16)24-22-18-7-3-5-9-20(18)23-21-10-6-4-8-19(21)22/h3-15,22H,1-2H3. The van der Waals surface area contributed by atoms with Crippen LogP contribution in [0.3, 0.4) is 0 Å². The van der Waals surface area contributed by atoms with Crippen molar-refractivity contribution in [3.63, 3.8) is 0 Å². The number of ether oxygens (including phenoxy) is 1. The number of hydrogen-bond acceptors (Lipinski definition) is 2. The Morgan fingerprint density at radius 1 is 0.750 bits per heavy atom. The molecule has 120 valence electrons. The van der Waals surface area contributed by atoms with E-state index in [1.807, 2.05) is 23.9 Å². The molecule has 0 bridgehead atoms. The second-order valence-corrected chi connectivity index (χ2v) is 7.58. The van der Waals surface area contributed by atoms with Crippen LogP contribution in [0.15, 0.2) is 77.7 Å². The molecule has 0 amide bonds. The first kappa shape index (κ1) is 15.3. The number of rotatable bonds is 3. The maximum atomic E-state index is 6.08. The first-order valence-electron chi connectivity index (χ1n) is 8.34. The van der Waals surface area contributed by atoms with Gasteiger partial charge < -0.3 is 4.74 Å². The number of para-hydroxylation sites is 2. The van der Waals surface area contributed by atoms with Gasteiger partial charge in [0.2, 0.25) is 0 Å². The zero-order chi connectivity index (χ0) is 16.5. The third kappa shape index (κ3) is 2.83. The summed E-state index contributed by atoms with van der Waals surface area (Å²) in [6.07, 6.45) is 0. The maximum Gasteiger partial charge on any atom is 0.132 e. The van der Waals surface area contributed by atoms with Gasteiger partial charge in [-0.2, -0.15) is 0 Å². The fraction of sp³-hybridized carbons (Fsp3) is 0.182. The second-order valence-electron chi connectivity index (χ2n) is 6.40. The lowest BCUT2D eigenvalue weighted by Crippen LogP contribution is -2.07. The van der Waals surface area contributed by atoms with E-state index in [1.165, 1.54) is 21.6 Å². The van der Waals surface area contributed by atoms with E-state index in [1.54, 1.807) is 0 Å². The lowest BCUT2D eigenvalue weighted by molar-refractivity contribution is 0.459. The summed E-state index contributed by atoms with van der Waals surface area (Å²) in [4.78, 5) is 1.29. The average Bonchev–Trinajstić information content (AvgIpc) is 2.62. The molecule has 3 aromatic carbocycles. The van der Waals surface area contributed by atoms with Gasteiger partial charge in [-0.25, -0.2) is 0 Å². The summed E-state index contributed by atoms with van der Waals surface area (Å²) in [5.74, 6) is 2.49. The molecule has 0 aliphatic carbocycles. The van der Waals surface area contributed by atoms with Crippen LogP contribution in [-0.2, 0) is 0 Å². The van der Waals surface area contributed by atoms with E-state index in [0.717, 1.165) is 11.5 Å². The minimum absolute atomic E-state index is 0.260. The van der Waals surface area contributed by atoms with E-state index in [4.69, 9.17) is 4.74 Å². The van der Waals surface area contributed by atoms with Crippen molar-refractivity contribution < 1.29 is 4.74 Å². The predicted octanol–water partition coefficient (Wildman–Crippen LogP) is 6.80. The summed E-state index contributed by atoms with van der Waals surface area (Å²) < 4.78 is 6.08. The summed E-state index contributed by atoms with van der Waals surface area (Å²) >= 11 is 1.89. The summed E-state index contributed by atoms with van der Waals surface area (Å²) in [6.45, 7) is 4.46. The Kier molecular flexibility index (Phi) is 4.07. The normalized spacial score (nSPS) is 13.3. The van der Waals surface area contributed by atoms with Crippen LogP contribution in [0.1, 0.15) is 41.7 Å². The fourth-order valence-corrected chi connectivity index (χ4v) is 4.27. The summed E-state index contributed by atoms with van der Waals surface area (Å²) in [7, 11) is 0.